The Kier molecular flexibility index (Phi) is 6.04. The van der Waals surface area contributed by atoms with Crippen molar-refractivity contribution in [2.75, 3.05) is 13.7 Å². The summed E-state index contributed by atoms with van der Waals surface area (Å²) in [4.78, 5) is 9.68. The van der Waals surface area contributed by atoms with E-state index in [-0.39, 0.29) is 12.6 Å². The molecule has 0 amide bonds. The van der Waals surface area contributed by atoms with E-state index in [2.05, 4.69) is 68.6 Å². The van der Waals surface area contributed by atoms with Gasteiger partial charge in [-0.3, -0.25) is 0 Å². The van der Waals surface area contributed by atoms with E-state index in [0.717, 1.165) is 52.0 Å². The largest absolute Gasteiger partial charge is 0.480 e. The van der Waals surface area contributed by atoms with E-state index < -0.39 is 0 Å². The lowest BCUT2D eigenvalue weighted by atomic mass is 10.0. The summed E-state index contributed by atoms with van der Waals surface area (Å²) < 4.78 is 7.77. The third-order valence-electron chi connectivity index (χ3n) is 5.33. The molecule has 0 saturated heterocycles. The van der Waals surface area contributed by atoms with Gasteiger partial charge < -0.3 is 14.4 Å². The van der Waals surface area contributed by atoms with Crippen molar-refractivity contribution in [2.45, 2.75) is 59.4 Å². The molecule has 0 fully saturated rings. The van der Waals surface area contributed by atoms with Crippen LogP contribution in [0.25, 0.3) is 22.3 Å². The Morgan fingerprint density at radius 3 is 2.50 bits per heavy atom. The molecule has 0 aliphatic heterocycles. The van der Waals surface area contributed by atoms with Crippen molar-refractivity contribution in [3.63, 3.8) is 0 Å². The van der Waals surface area contributed by atoms with Gasteiger partial charge in [0.15, 0.2) is 0 Å². The first-order valence-electron chi connectivity index (χ1n) is 10.1. The highest BCUT2D eigenvalue weighted by atomic mass is 16.5. The summed E-state index contributed by atoms with van der Waals surface area (Å²) in [5.74, 6) is 0.946. The van der Waals surface area contributed by atoms with Gasteiger partial charge in [0, 0.05) is 11.9 Å². The van der Waals surface area contributed by atoms with Gasteiger partial charge in [0.2, 0.25) is 5.88 Å². The highest BCUT2D eigenvalue weighted by Gasteiger charge is 2.19. The Balaban J connectivity index is 2.17. The lowest BCUT2D eigenvalue weighted by Gasteiger charge is -2.17. The molecule has 0 saturated carbocycles. The number of methoxy groups -OCH3 is 1. The fourth-order valence-electron chi connectivity index (χ4n) is 3.76. The number of hydrogen-bond donors (Lipinski definition) is 1. The molecule has 0 spiro atoms. The van der Waals surface area contributed by atoms with Crippen molar-refractivity contribution in [2.24, 2.45) is 0 Å². The van der Waals surface area contributed by atoms with Crippen LogP contribution in [0.1, 0.15) is 62.4 Å². The van der Waals surface area contributed by atoms with Crippen LogP contribution in [0.3, 0.4) is 0 Å². The summed E-state index contributed by atoms with van der Waals surface area (Å²) in [6, 6.07) is 6.35. The second-order valence-corrected chi connectivity index (χ2v) is 7.81. The van der Waals surface area contributed by atoms with E-state index in [9.17, 15) is 5.11 Å². The Hall–Kier alpha value is -2.40. The highest BCUT2D eigenvalue weighted by Crippen LogP contribution is 2.34. The molecule has 3 aromatic heterocycles. The van der Waals surface area contributed by atoms with Crippen molar-refractivity contribution in [1.82, 2.24) is 14.5 Å². The van der Waals surface area contributed by atoms with E-state index in [1.807, 2.05) is 0 Å². The van der Waals surface area contributed by atoms with Crippen molar-refractivity contribution in [3.05, 3.63) is 41.2 Å². The second kappa shape index (κ2) is 8.31. The molecule has 1 N–H and O–H groups in total. The molecule has 0 aliphatic carbocycles. The van der Waals surface area contributed by atoms with Gasteiger partial charge in [-0.15, -0.1) is 0 Å². The molecule has 3 aromatic rings. The van der Waals surface area contributed by atoms with E-state index >= 15 is 0 Å². The van der Waals surface area contributed by atoms with Crippen LogP contribution in [0.4, 0.5) is 0 Å². The molecule has 0 bridgehead atoms. The first kappa shape index (κ1) is 20.3. The number of aryl methyl sites for hydroxylation is 2. The molecule has 28 heavy (non-hydrogen) atoms. The molecular formula is C23H31N3O2. The minimum absolute atomic E-state index is 0.0785. The molecule has 3 heterocycles. The number of pyridine rings is 2. The average molecular weight is 382 g/mol. The predicted molar refractivity (Wildman–Crippen MR) is 114 cm³/mol. The summed E-state index contributed by atoms with van der Waals surface area (Å²) in [7, 11) is 1.65. The zero-order valence-corrected chi connectivity index (χ0v) is 17.8. The maximum absolute atomic E-state index is 9.85. The Labute approximate surface area is 167 Å². The van der Waals surface area contributed by atoms with Gasteiger partial charge in [0.1, 0.15) is 0 Å². The Morgan fingerprint density at radius 2 is 1.89 bits per heavy atom. The topological polar surface area (TPSA) is 60.2 Å². The van der Waals surface area contributed by atoms with Gasteiger partial charge >= 0.3 is 0 Å². The smallest absolute Gasteiger partial charge is 0.222 e. The number of ether oxygens (including phenoxy) is 1. The van der Waals surface area contributed by atoms with Crippen molar-refractivity contribution >= 4 is 11.0 Å². The Morgan fingerprint density at radius 1 is 1.14 bits per heavy atom. The van der Waals surface area contributed by atoms with Crippen molar-refractivity contribution < 1.29 is 9.84 Å². The number of aliphatic hydroxyl groups excluding tert-OH is 1. The molecule has 1 atom stereocenters. The highest BCUT2D eigenvalue weighted by molar-refractivity contribution is 5.85. The average Bonchev–Trinajstić information content (AvgIpc) is 3.00. The fourth-order valence-corrected chi connectivity index (χ4v) is 3.76. The van der Waals surface area contributed by atoms with Crippen molar-refractivity contribution in [1.29, 1.82) is 0 Å². The van der Waals surface area contributed by atoms with E-state index in [4.69, 9.17) is 9.72 Å². The lowest BCUT2D eigenvalue weighted by Crippen LogP contribution is -2.12. The van der Waals surface area contributed by atoms with Gasteiger partial charge in [0.05, 0.1) is 42.0 Å². The first-order chi connectivity index (χ1) is 13.4. The van der Waals surface area contributed by atoms with E-state index in [1.165, 1.54) is 0 Å². The number of nitrogens with zero attached hydrogens (tertiary/aromatic N) is 3. The molecule has 5 nitrogen and oxygen atoms in total. The number of rotatable bonds is 7. The fraction of sp³-hybridized carbons (Fsp3) is 0.478. The number of aliphatic hydroxyl groups is 1. The predicted octanol–water partition coefficient (Wildman–Crippen LogP) is 5.18. The molecule has 5 heteroatoms. The maximum Gasteiger partial charge on any atom is 0.222 e. The minimum Gasteiger partial charge on any atom is -0.480 e. The first-order valence-corrected chi connectivity index (χ1v) is 10.1. The Bertz CT molecular complexity index is 976. The lowest BCUT2D eigenvalue weighted by molar-refractivity contribution is 0.223. The van der Waals surface area contributed by atoms with E-state index in [0.29, 0.717) is 11.8 Å². The standard InChI is InChI=1S/C23H31N3O2/c1-7-8-17(13-27)26-12-16(5)22-20(26)11-15(4)21(25-22)18-9-10-19(14(2)3)24-23(18)28-6/h9-12,14,17,27H,7-8,13H2,1-6H3. The van der Waals surface area contributed by atoms with Gasteiger partial charge in [-0.1, -0.05) is 27.2 Å². The zero-order chi connectivity index (χ0) is 20.4. The normalized spacial score (nSPS) is 12.7. The minimum atomic E-state index is 0.0785. The summed E-state index contributed by atoms with van der Waals surface area (Å²) >= 11 is 0. The van der Waals surface area contributed by atoms with Crippen LogP contribution in [0.2, 0.25) is 0 Å². The number of hydrogen-bond acceptors (Lipinski definition) is 4. The summed E-state index contributed by atoms with van der Waals surface area (Å²) in [5.41, 5.74) is 7.01. The third-order valence-corrected chi connectivity index (χ3v) is 5.33. The number of aromatic nitrogens is 3. The number of fused-ring (bicyclic) bond motifs is 1. The molecule has 3 rings (SSSR count). The van der Waals surface area contributed by atoms with Crippen LogP contribution in [0.15, 0.2) is 24.4 Å². The zero-order valence-electron chi connectivity index (χ0n) is 17.8. The van der Waals surface area contributed by atoms with Crippen LogP contribution >= 0.6 is 0 Å². The van der Waals surface area contributed by atoms with Crippen LogP contribution < -0.4 is 4.74 Å². The van der Waals surface area contributed by atoms with E-state index in [1.54, 1.807) is 7.11 Å². The molecular weight excluding hydrogens is 350 g/mol. The molecule has 0 aromatic carbocycles. The van der Waals surface area contributed by atoms with Gasteiger partial charge in [-0.2, -0.15) is 0 Å². The third kappa shape index (κ3) is 3.63. The van der Waals surface area contributed by atoms with Gasteiger partial charge in [-0.25, -0.2) is 9.97 Å². The quantitative estimate of drug-likeness (QED) is 0.612. The van der Waals surface area contributed by atoms with Crippen LogP contribution in [-0.4, -0.2) is 33.4 Å². The monoisotopic (exact) mass is 381 g/mol. The molecule has 0 aliphatic rings. The van der Waals surface area contributed by atoms with Crippen molar-refractivity contribution in [3.8, 4) is 17.1 Å². The summed E-state index contributed by atoms with van der Waals surface area (Å²) in [6.07, 6.45) is 4.07. The SMILES string of the molecule is CCCC(CO)n1cc(C)c2nc(-c3ccc(C(C)C)nc3OC)c(C)cc21. The second-order valence-electron chi connectivity index (χ2n) is 7.81. The molecule has 1 unspecified atom stereocenters. The molecule has 0 radical (unpaired) electrons. The van der Waals surface area contributed by atoms with Gasteiger partial charge in [-0.05, 0) is 55.5 Å². The van der Waals surface area contributed by atoms with Crippen LogP contribution in [0.5, 0.6) is 5.88 Å². The van der Waals surface area contributed by atoms with Gasteiger partial charge in [0.25, 0.3) is 0 Å². The molecule has 150 valence electrons. The summed E-state index contributed by atoms with van der Waals surface area (Å²) in [5, 5.41) is 9.85. The maximum atomic E-state index is 9.85. The summed E-state index contributed by atoms with van der Waals surface area (Å²) in [6.45, 7) is 10.7. The van der Waals surface area contributed by atoms with Crippen LogP contribution in [0, 0.1) is 13.8 Å². The van der Waals surface area contributed by atoms with Crippen LogP contribution in [-0.2, 0) is 0 Å².